The van der Waals surface area contributed by atoms with Gasteiger partial charge in [0, 0.05) is 10.9 Å². The van der Waals surface area contributed by atoms with Crippen LogP contribution in [0.2, 0.25) is 5.02 Å². The lowest BCUT2D eigenvalue weighted by atomic mass is 9.98. The molecule has 0 saturated heterocycles. The number of anilines is 2. The Balaban J connectivity index is 1.94. The molecule has 4 N–H and O–H groups in total. The Bertz CT molecular complexity index is 1390. The van der Waals surface area contributed by atoms with Crippen molar-refractivity contribution in [3.8, 4) is 11.3 Å². The fourth-order valence-electron chi connectivity index (χ4n) is 3.61. The molecule has 0 bridgehead atoms. The molecule has 2 aromatic heterocycles. The predicted molar refractivity (Wildman–Crippen MR) is 124 cm³/mol. The van der Waals surface area contributed by atoms with Crippen molar-refractivity contribution in [2.45, 2.75) is 19.9 Å². The summed E-state index contributed by atoms with van der Waals surface area (Å²) in [6.45, 7) is 11.0. The van der Waals surface area contributed by atoms with Crippen molar-refractivity contribution in [3.05, 3.63) is 86.6 Å². The van der Waals surface area contributed by atoms with Crippen LogP contribution < -0.4 is 16.5 Å². The van der Waals surface area contributed by atoms with Crippen molar-refractivity contribution in [1.82, 2.24) is 15.0 Å². The first kappa shape index (κ1) is 20.4. The molecule has 2 heterocycles. The van der Waals surface area contributed by atoms with E-state index in [1.807, 2.05) is 37.3 Å². The summed E-state index contributed by atoms with van der Waals surface area (Å²) < 4.78 is 0. The highest BCUT2D eigenvalue weighted by molar-refractivity contribution is 6.35. The number of halogens is 1. The van der Waals surface area contributed by atoms with Crippen LogP contribution in [0.5, 0.6) is 0 Å². The Morgan fingerprint density at radius 2 is 1.90 bits per heavy atom. The maximum atomic E-state index is 13.6. The normalized spacial score (nSPS) is 11.8. The number of aromatic amines is 1. The Kier molecular flexibility index (Phi) is 5.32. The van der Waals surface area contributed by atoms with E-state index in [0.717, 1.165) is 5.56 Å². The number of aryl methyl sites for hydroxylation is 1. The number of H-pyrrole nitrogens is 1. The summed E-state index contributed by atoms with van der Waals surface area (Å²) in [5.74, 6) is 0.818. The second kappa shape index (κ2) is 8.09. The van der Waals surface area contributed by atoms with Gasteiger partial charge in [-0.15, -0.1) is 0 Å². The average molecular weight is 431 g/mol. The second-order valence-electron chi connectivity index (χ2n) is 7.10. The van der Waals surface area contributed by atoms with Gasteiger partial charge in [0.1, 0.15) is 17.5 Å². The molecule has 31 heavy (non-hydrogen) atoms. The molecule has 0 fully saturated rings. The highest BCUT2D eigenvalue weighted by Gasteiger charge is 2.22. The maximum absolute atomic E-state index is 13.6. The fraction of sp³-hybridized carbons (Fsp3) is 0.130. The molecule has 2 aromatic carbocycles. The van der Waals surface area contributed by atoms with Crippen molar-refractivity contribution in [1.29, 1.82) is 0 Å². The number of fused-ring (bicyclic) bond motifs is 1. The van der Waals surface area contributed by atoms with Gasteiger partial charge in [-0.05, 0) is 31.5 Å². The van der Waals surface area contributed by atoms with Crippen molar-refractivity contribution >= 4 is 39.8 Å². The van der Waals surface area contributed by atoms with E-state index in [4.69, 9.17) is 23.9 Å². The minimum Gasteiger partial charge on any atom is -0.392 e. The van der Waals surface area contributed by atoms with Gasteiger partial charge in [-0.25, -0.2) is 14.8 Å². The van der Waals surface area contributed by atoms with Gasteiger partial charge in [0.05, 0.1) is 28.8 Å². The van der Waals surface area contributed by atoms with E-state index in [0.29, 0.717) is 33.0 Å². The molecule has 0 spiro atoms. The molecule has 4 rings (SSSR count). The van der Waals surface area contributed by atoms with Crippen LogP contribution in [0, 0.1) is 13.5 Å². The predicted octanol–water partition coefficient (Wildman–Crippen LogP) is 5.25. The van der Waals surface area contributed by atoms with Gasteiger partial charge in [-0.1, -0.05) is 48.0 Å². The van der Waals surface area contributed by atoms with Crippen molar-refractivity contribution in [2.75, 3.05) is 11.1 Å². The summed E-state index contributed by atoms with van der Waals surface area (Å²) in [7, 11) is 0. The van der Waals surface area contributed by atoms with E-state index < -0.39 is 6.04 Å². The van der Waals surface area contributed by atoms with Gasteiger partial charge in [-0.2, -0.15) is 0 Å². The largest absolute Gasteiger partial charge is 0.392 e. The van der Waals surface area contributed by atoms with Crippen LogP contribution in [0.15, 0.2) is 53.3 Å². The molecular weight excluding hydrogens is 412 g/mol. The quantitative estimate of drug-likeness (QED) is 0.384. The van der Waals surface area contributed by atoms with Crippen LogP contribution in [-0.2, 0) is 0 Å². The molecule has 1 atom stereocenters. The van der Waals surface area contributed by atoms with Crippen LogP contribution in [0.25, 0.3) is 27.0 Å². The standard InChI is InChI=1S/C23H19ClN6O/c1-12(27-23-20(26-3)22(25)28-13(2)29-23)17-18(14-8-5-4-6-9-14)30-19-15(21(17)31)10-7-11-16(19)24/h4-12H,1-2H3,(H,30,31)(H3,25,27,28,29). The smallest absolute Gasteiger partial charge is 0.268 e. The molecule has 8 heteroatoms. The summed E-state index contributed by atoms with van der Waals surface area (Å²) in [6, 6.07) is 14.3. The number of nitrogens with zero attached hydrogens (tertiary/aromatic N) is 3. The molecule has 4 aromatic rings. The number of hydrogen-bond acceptors (Lipinski definition) is 5. The summed E-state index contributed by atoms with van der Waals surface area (Å²) in [5, 5.41) is 4.14. The SMILES string of the molecule is [C-]#[N+]c1c(N)nc(C)nc1NC(C)c1c(-c2ccccc2)[nH]c2c(Cl)cccc2c1=O. The molecule has 154 valence electrons. The minimum atomic E-state index is -0.489. The summed E-state index contributed by atoms with van der Waals surface area (Å²) in [5.41, 5.74) is 8.44. The molecule has 0 amide bonds. The molecular formula is C23H19ClN6O. The Morgan fingerprint density at radius 3 is 2.61 bits per heavy atom. The highest BCUT2D eigenvalue weighted by atomic mass is 35.5. The number of aromatic nitrogens is 3. The van der Waals surface area contributed by atoms with Crippen LogP contribution in [-0.4, -0.2) is 15.0 Å². The maximum Gasteiger partial charge on any atom is 0.268 e. The van der Waals surface area contributed by atoms with Crippen LogP contribution in [0.1, 0.15) is 24.4 Å². The molecule has 0 aliphatic heterocycles. The van der Waals surface area contributed by atoms with Gasteiger partial charge in [-0.3, -0.25) is 4.79 Å². The van der Waals surface area contributed by atoms with Gasteiger partial charge in [0.2, 0.25) is 0 Å². The average Bonchev–Trinajstić information content (AvgIpc) is 2.74. The zero-order valence-corrected chi connectivity index (χ0v) is 17.7. The zero-order chi connectivity index (χ0) is 22.1. The first-order chi connectivity index (χ1) is 14.9. The Hall–Kier alpha value is -3.89. The van der Waals surface area contributed by atoms with Gasteiger partial charge < -0.3 is 16.0 Å². The second-order valence-corrected chi connectivity index (χ2v) is 7.51. The lowest BCUT2D eigenvalue weighted by Gasteiger charge is -2.20. The highest BCUT2D eigenvalue weighted by Crippen LogP contribution is 2.34. The number of nitrogens with two attached hydrogens (primary N) is 1. The van der Waals surface area contributed by atoms with Crippen molar-refractivity contribution in [2.24, 2.45) is 0 Å². The summed E-state index contributed by atoms with van der Waals surface area (Å²) >= 11 is 6.37. The van der Waals surface area contributed by atoms with Crippen LogP contribution in [0.4, 0.5) is 17.3 Å². The first-order valence-corrected chi connectivity index (χ1v) is 9.96. The van der Waals surface area contributed by atoms with Gasteiger partial charge >= 0.3 is 0 Å². The lowest BCUT2D eigenvalue weighted by molar-refractivity contribution is 0.860. The number of hydrogen-bond donors (Lipinski definition) is 3. The number of para-hydroxylation sites is 1. The third-order valence-corrected chi connectivity index (χ3v) is 5.32. The third-order valence-electron chi connectivity index (χ3n) is 5.01. The minimum absolute atomic E-state index is 0.0969. The monoisotopic (exact) mass is 430 g/mol. The van der Waals surface area contributed by atoms with Crippen LogP contribution in [0.3, 0.4) is 0 Å². The van der Waals surface area contributed by atoms with Crippen molar-refractivity contribution < 1.29 is 0 Å². The number of benzene rings is 2. The van der Waals surface area contributed by atoms with E-state index in [9.17, 15) is 4.79 Å². The van der Waals surface area contributed by atoms with E-state index >= 15 is 0 Å². The Morgan fingerprint density at radius 1 is 1.16 bits per heavy atom. The first-order valence-electron chi connectivity index (χ1n) is 9.58. The van der Waals surface area contributed by atoms with E-state index in [-0.39, 0.29) is 22.8 Å². The number of rotatable bonds is 4. The molecule has 1 unspecified atom stereocenters. The fourth-order valence-corrected chi connectivity index (χ4v) is 3.84. The third kappa shape index (κ3) is 3.69. The Labute approximate surface area is 183 Å². The van der Waals surface area contributed by atoms with E-state index in [1.54, 1.807) is 25.1 Å². The number of nitrogen functional groups attached to an aromatic ring is 1. The number of nitrogens with one attached hydrogen (secondary N) is 2. The van der Waals surface area contributed by atoms with Gasteiger partial charge in [0.25, 0.3) is 5.69 Å². The van der Waals surface area contributed by atoms with E-state index in [1.165, 1.54) is 0 Å². The van der Waals surface area contributed by atoms with Gasteiger partial charge in [0.15, 0.2) is 5.43 Å². The molecule has 0 aliphatic rings. The molecule has 0 saturated carbocycles. The molecule has 0 radical (unpaired) electrons. The van der Waals surface area contributed by atoms with E-state index in [2.05, 4.69) is 25.1 Å². The zero-order valence-electron chi connectivity index (χ0n) is 16.9. The summed E-state index contributed by atoms with van der Waals surface area (Å²) in [4.78, 5) is 28.7. The topological polar surface area (TPSA) is 101 Å². The number of pyridine rings is 1. The lowest BCUT2D eigenvalue weighted by Crippen LogP contribution is -2.21. The molecule has 7 nitrogen and oxygen atoms in total. The molecule has 0 aliphatic carbocycles. The summed E-state index contributed by atoms with van der Waals surface area (Å²) in [6.07, 6.45) is 0. The van der Waals surface area contributed by atoms with Crippen LogP contribution >= 0.6 is 11.6 Å². The van der Waals surface area contributed by atoms with Crippen molar-refractivity contribution in [3.63, 3.8) is 0 Å².